The molecule has 0 aliphatic heterocycles. The Hall–Kier alpha value is -2.96. The molecule has 1 unspecified atom stereocenters. The van der Waals surface area contributed by atoms with Crippen molar-refractivity contribution in [2.75, 3.05) is 26.9 Å². The monoisotopic (exact) mass is 480 g/mol. The Morgan fingerprint density at radius 3 is 2.76 bits per heavy atom. The summed E-state index contributed by atoms with van der Waals surface area (Å²) in [6.07, 6.45) is 7.83. The number of para-hydroxylation sites is 1. The molecule has 3 rings (SSSR count). The Morgan fingerprint density at radius 2 is 2.03 bits per heavy atom. The van der Waals surface area contributed by atoms with Crippen LogP contribution in [0, 0.1) is 5.92 Å². The number of carbonyl (C=O) groups excluding carboxylic acids is 2. The molecule has 5 nitrogen and oxygen atoms in total. The van der Waals surface area contributed by atoms with Gasteiger partial charge >= 0.3 is 5.97 Å². The highest BCUT2D eigenvalue weighted by molar-refractivity contribution is 7.12. The molecule has 1 aliphatic carbocycles. The molecule has 0 fully saturated rings. The first-order valence-electron chi connectivity index (χ1n) is 11.5. The number of ketones is 1. The number of thiophene rings is 1. The van der Waals surface area contributed by atoms with Gasteiger partial charge in [0.05, 0.1) is 19.1 Å². The average Bonchev–Trinajstić information content (AvgIpc) is 3.19. The topological polar surface area (TPSA) is 61.8 Å². The SMILES string of the molecule is C=Cc1c(CC(=C)C(=O)/C=C/c2ccccc2OCC)sc2c1CCC(C(=O)OCCOC)C2. The number of hydrogen-bond acceptors (Lipinski definition) is 6. The van der Waals surface area contributed by atoms with Gasteiger partial charge in [-0.15, -0.1) is 11.3 Å². The highest BCUT2D eigenvalue weighted by atomic mass is 32.1. The first-order valence-corrected chi connectivity index (χ1v) is 12.3. The third-order valence-electron chi connectivity index (χ3n) is 5.81. The van der Waals surface area contributed by atoms with E-state index in [2.05, 4.69) is 13.2 Å². The summed E-state index contributed by atoms with van der Waals surface area (Å²) in [6.45, 7) is 11.2. The van der Waals surface area contributed by atoms with Gasteiger partial charge in [0, 0.05) is 28.8 Å². The number of benzene rings is 1. The minimum Gasteiger partial charge on any atom is -0.493 e. The van der Waals surface area contributed by atoms with Crippen LogP contribution in [0.4, 0.5) is 0 Å². The molecule has 0 bridgehead atoms. The molecule has 1 atom stereocenters. The summed E-state index contributed by atoms with van der Waals surface area (Å²) >= 11 is 1.64. The van der Waals surface area contributed by atoms with Crippen LogP contribution in [0.25, 0.3) is 12.2 Å². The molecule has 180 valence electrons. The van der Waals surface area contributed by atoms with E-state index in [1.807, 2.05) is 37.3 Å². The third kappa shape index (κ3) is 6.33. The zero-order chi connectivity index (χ0) is 24.5. The summed E-state index contributed by atoms with van der Waals surface area (Å²) in [6, 6.07) is 7.62. The molecule has 6 heteroatoms. The van der Waals surface area contributed by atoms with E-state index in [-0.39, 0.29) is 24.3 Å². The lowest BCUT2D eigenvalue weighted by Gasteiger charge is -2.21. The molecule has 1 aromatic carbocycles. The highest BCUT2D eigenvalue weighted by Crippen LogP contribution is 2.38. The molecular weight excluding hydrogens is 448 g/mol. The van der Waals surface area contributed by atoms with Crippen molar-refractivity contribution in [2.24, 2.45) is 5.92 Å². The molecule has 1 aromatic heterocycles. The van der Waals surface area contributed by atoms with Crippen molar-refractivity contribution in [3.8, 4) is 5.75 Å². The van der Waals surface area contributed by atoms with Gasteiger partial charge in [0.1, 0.15) is 12.4 Å². The molecule has 0 spiro atoms. The third-order valence-corrected chi connectivity index (χ3v) is 7.08. The number of carbonyl (C=O) groups is 2. The molecule has 0 amide bonds. The Morgan fingerprint density at radius 1 is 1.24 bits per heavy atom. The van der Waals surface area contributed by atoms with E-state index < -0.39 is 0 Å². The van der Waals surface area contributed by atoms with E-state index in [1.54, 1.807) is 30.6 Å². The molecule has 0 radical (unpaired) electrons. The fraction of sp³-hybridized carbons (Fsp3) is 0.357. The number of esters is 1. The maximum absolute atomic E-state index is 12.8. The van der Waals surface area contributed by atoms with E-state index in [0.29, 0.717) is 31.6 Å². The van der Waals surface area contributed by atoms with Crippen LogP contribution < -0.4 is 4.74 Å². The van der Waals surface area contributed by atoms with Crippen LogP contribution in [0.1, 0.15) is 39.8 Å². The van der Waals surface area contributed by atoms with Crippen LogP contribution in [0.5, 0.6) is 5.75 Å². The fourth-order valence-corrected chi connectivity index (χ4v) is 5.53. The molecule has 0 N–H and O–H groups in total. The number of ether oxygens (including phenoxy) is 3. The second-order valence-corrected chi connectivity index (χ2v) is 9.28. The zero-order valence-corrected chi connectivity index (χ0v) is 20.7. The van der Waals surface area contributed by atoms with Crippen LogP contribution in [0.2, 0.25) is 0 Å². The minimum atomic E-state index is -0.171. The largest absolute Gasteiger partial charge is 0.493 e. The number of allylic oxidation sites excluding steroid dienone is 2. The van der Waals surface area contributed by atoms with Crippen molar-refractivity contribution in [1.82, 2.24) is 0 Å². The fourth-order valence-electron chi connectivity index (χ4n) is 4.05. The normalized spacial score (nSPS) is 15.1. The van der Waals surface area contributed by atoms with Crippen LogP contribution in [-0.2, 0) is 38.3 Å². The second-order valence-electron chi connectivity index (χ2n) is 8.09. The molecule has 1 heterocycles. The lowest BCUT2D eigenvalue weighted by atomic mass is 9.86. The van der Waals surface area contributed by atoms with Crippen LogP contribution in [-0.4, -0.2) is 38.7 Å². The zero-order valence-electron chi connectivity index (χ0n) is 19.9. The first-order chi connectivity index (χ1) is 16.5. The lowest BCUT2D eigenvalue weighted by Crippen LogP contribution is -2.25. The minimum absolute atomic E-state index is 0.118. The summed E-state index contributed by atoms with van der Waals surface area (Å²) in [4.78, 5) is 27.4. The van der Waals surface area contributed by atoms with Gasteiger partial charge in [-0.3, -0.25) is 9.59 Å². The van der Waals surface area contributed by atoms with E-state index in [4.69, 9.17) is 14.2 Å². The van der Waals surface area contributed by atoms with Crippen molar-refractivity contribution in [3.05, 3.63) is 75.5 Å². The van der Waals surface area contributed by atoms with Crippen LogP contribution in [0.3, 0.4) is 0 Å². The van der Waals surface area contributed by atoms with E-state index in [1.165, 1.54) is 10.4 Å². The number of fused-ring (bicyclic) bond motifs is 1. The summed E-state index contributed by atoms with van der Waals surface area (Å²) in [5, 5.41) is 0. The number of methoxy groups -OCH3 is 1. The molecule has 1 aliphatic rings. The van der Waals surface area contributed by atoms with E-state index in [9.17, 15) is 9.59 Å². The predicted octanol–water partition coefficient (Wildman–Crippen LogP) is 5.47. The second kappa shape index (κ2) is 12.5. The van der Waals surface area contributed by atoms with Crippen molar-refractivity contribution < 1.29 is 23.8 Å². The Bertz CT molecular complexity index is 1080. The lowest BCUT2D eigenvalue weighted by molar-refractivity contribution is -0.150. The molecule has 0 saturated carbocycles. The van der Waals surface area contributed by atoms with Gasteiger partial charge in [-0.2, -0.15) is 0 Å². The summed E-state index contributed by atoms with van der Waals surface area (Å²) in [5.41, 5.74) is 3.68. The molecule has 34 heavy (non-hydrogen) atoms. The van der Waals surface area contributed by atoms with E-state index >= 15 is 0 Å². The van der Waals surface area contributed by atoms with Crippen molar-refractivity contribution in [2.45, 2.75) is 32.6 Å². The molecule has 0 saturated heterocycles. The van der Waals surface area contributed by atoms with Gasteiger partial charge < -0.3 is 14.2 Å². The smallest absolute Gasteiger partial charge is 0.309 e. The summed E-state index contributed by atoms with van der Waals surface area (Å²) in [7, 11) is 1.58. The van der Waals surface area contributed by atoms with Crippen LogP contribution >= 0.6 is 11.3 Å². The van der Waals surface area contributed by atoms with Crippen molar-refractivity contribution in [1.29, 1.82) is 0 Å². The van der Waals surface area contributed by atoms with Gasteiger partial charge in [0.25, 0.3) is 0 Å². The average molecular weight is 481 g/mol. The van der Waals surface area contributed by atoms with Crippen molar-refractivity contribution in [3.63, 3.8) is 0 Å². The summed E-state index contributed by atoms with van der Waals surface area (Å²) in [5.74, 6) is 0.309. The van der Waals surface area contributed by atoms with Gasteiger partial charge in [-0.25, -0.2) is 0 Å². The maximum Gasteiger partial charge on any atom is 0.309 e. The highest BCUT2D eigenvalue weighted by Gasteiger charge is 2.30. The van der Waals surface area contributed by atoms with Gasteiger partial charge in [0.15, 0.2) is 5.78 Å². The molecular formula is C28H32O5S. The summed E-state index contributed by atoms with van der Waals surface area (Å²) < 4.78 is 15.9. The maximum atomic E-state index is 12.8. The number of hydrogen-bond donors (Lipinski definition) is 0. The van der Waals surface area contributed by atoms with Crippen molar-refractivity contribution >= 4 is 35.2 Å². The van der Waals surface area contributed by atoms with Gasteiger partial charge in [-0.05, 0) is 61.1 Å². The predicted molar refractivity (Wildman–Crippen MR) is 137 cm³/mol. The Balaban J connectivity index is 1.68. The standard InChI is InChI=1S/C28H32O5S/c1-5-22-23-13-11-21(28(30)33-16-15-31-4)18-27(23)34-26(22)17-19(3)24(29)14-12-20-9-7-8-10-25(20)32-6-2/h5,7-10,12,14,21H,1,3,6,11,13,15-18H2,2,4H3/b14-12+. The molecule has 2 aromatic rings. The first kappa shape index (κ1) is 25.7. The van der Waals surface area contributed by atoms with Crippen LogP contribution in [0.15, 0.2) is 49.1 Å². The van der Waals surface area contributed by atoms with Gasteiger partial charge in [-0.1, -0.05) is 37.4 Å². The van der Waals surface area contributed by atoms with Gasteiger partial charge in [0.2, 0.25) is 0 Å². The number of rotatable bonds is 12. The quantitative estimate of drug-likeness (QED) is 0.229. The van der Waals surface area contributed by atoms with E-state index in [0.717, 1.165) is 34.6 Å². The Kier molecular flexibility index (Phi) is 9.42. The Labute approximate surface area is 205 Å².